The van der Waals surface area contributed by atoms with Crippen molar-refractivity contribution in [1.29, 1.82) is 0 Å². The summed E-state index contributed by atoms with van der Waals surface area (Å²) >= 11 is 1.59. The minimum atomic E-state index is 0.761. The fourth-order valence-electron chi connectivity index (χ4n) is 1.57. The van der Waals surface area contributed by atoms with Gasteiger partial charge in [-0.2, -0.15) is 0 Å². The van der Waals surface area contributed by atoms with Crippen LogP contribution in [0.4, 0.5) is 5.69 Å². The number of hydrogen-bond acceptors (Lipinski definition) is 4. The standard InChI is InChI=1S/C13H10N2OS/c14-10-5-3-9(4-6-10)13-15-11(8-17-13)12-2-1-7-16-12/h1-8H,14H2. The number of anilines is 1. The molecule has 3 nitrogen and oxygen atoms in total. The second kappa shape index (κ2) is 4.07. The number of aromatic nitrogens is 1. The zero-order valence-electron chi connectivity index (χ0n) is 8.96. The Hall–Kier alpha value is -2.07. The molecule has 0 unspecified atom stereocenters. The third kappa shape index (κ3) is 1.94. The third-order valence-electron chi connectivity index (χ3n) is 2.44. The zero-order valence-corrected chi connectivity index (χ0v) is 9.78. The number of nitrogens with zero attached hydrogens (tertiary/aromatic N) is 1. The number of hydrogen-bond donors (Lipinski definition) is 1. The molecule has 0 spiro atoms. The molecule has 2 aromatic heterocycles. The van der Waals surface area contributed by atoms with E-state index in [9.17, 15) is 0 Å². The number of rotatable bonds is 2. The van der Waals surface area contributed by atoms with Crippen molar-refractivity contribution >= 4 is 17.0 Å². The number of nitrogen functional groups attached to an aromatic ring is 1. The molecule has 0 radical (unpaired) electrons. The first kappa shape index (κ1) is 10.1. The van der Waals surface area contributed by atoms with Crippen molar-refractivity contribution in [3.8, 4) is 22.0 Å². The first-order chi connectivity index (χ1) is 8.33. The summed E-state index contributed by atoms with van der Waals surface area (Å²) in [5.74, 6) is 0.794. The molecule has 0 aliphatic carbocycles. The maximum absolute atomic E-state index is 5.66. The highest BCUT2D eigenvalue weighted by Gasteiger charge is 2.07. The van der Waals surface area contributed by atoms with Crippen molar-refractivity contribution in [2.24, 2.45) is 0 Å². The van der Waals surface area contributed by atoms with E-state index in [2.05, 4.69) is 4.98 Å². The lowest BCUT2D eigenvalue weighted by Crippen LogP contribution is -1.83. The first-order valence-electron chi connectivity index (χ1n) is 5.18. The SMILES string of the molecule is Nc1ccc(-c2nc(-c3ccco3)cs2)cc1. The lowest BCUT2D eigenvalue weighted by atomic mass is 10.2. The Morgan fingerprint density at radius 3 is 2.65 bits per heavy atom. The van der Waals surface area contributed by atoms with Crippen LogP contribution in [0.5, 0.6) is 0 Å². The Bertz CT molecular complexity index is 611. The van der Waals surface area contributed by atoms with Crippen molar-refractivity contribution in [2.75, 3.05) is 5.73 Å². The van der Waals surface area contributed by atoms with Crippen LogP contribution in [0.15, 0.2) is 52.5 Å². The smallest absolute Gasteiger partial charge is 0.153 e. The minimum Gasteiger partial charge on any atom is -0.463 e. The fourth-order valence-corrected chi connectivity index (χ4v) is 2.38. The molecule has 3 rings (SSSR count). The summed E-state index contributed by atoms with van der Waals surface area (Å²) in [6.07, 6.45) is 1.65. The molecule has 2 N–H and O–H groups in total. The summed E-state index contributed by atoms with van der Waals surface area (Å²) in [7, 11) is 0. The van der Waals surface area contributed by atoms with Crippen LogP contribution in [0, 0.1) is 0 Å². The van der Waals surface area contributed by atoms with Gasteiger partial charge in [0.05, 0.1) is 6.26 Å². The second-order valence-corrected chi connectivity index (χ2v) is 4.50. The third-order valence-corrected chi connectivity index (χ3v) is 3.33. The van der Waals surface area contributed by atoms with Gasteiger partial charge in [-0.1, -0.05) is 0 Å². The van der Waals surface area contributed by atoms with E-state index in [-0.39, 0.29) is 0 Å². The predicted octanol–water partition coefficient (Wildman–Crippen LogP) is 3.65. The maximum atomic E-state index is 5.66. The molecule has 0 saturated heterocycles. The average molecular weight is 242 g/mol. The van der Waals surface area contributed by atoms with Gasteiger partial charge >= 0.3 is 0 Å². The van der Waals surface area contributed by atoms with Gasteiger partial charge in [-0.25, -0.2) is 4.98 Å². The van der Waals surface area contributed by atoms with E-state index in [1.165, 1.54) is 0 Å². The van der Waals surface area contributed by atoms with Gasteiger partial charge in [-0.3, -0.25) is 0 Å². The Morgan fingerprint density at radius 1 is 1.12 bits per heavy atom. The Morgan fingerprint density at radius 2 is 1.94 bits per heavy atom. The van der Waals surface area contributed by atoms with E-state index in [1.807, 2.05) is 41.8 Å². The molecule has 1 aromatic carbocycles. The van der Waals surface area contributed by atoms with E-state index >= 15 is 0 Å². The molecule has 3 aromatic rings. The molecule has 0 atom stereocenters. The topological polar surface area (TPSA) is 52.0 Å². The summed E-state index contributed by atoms with van der Waals surface area (Å²) in [5.41, 5.74) is 8.35. The second-order valence-electron chi connectivity index (χ2n) is 3.64. The normalized spacial score (nSPS) is 10.6. The van der Waals surface area contributed by atoms with Gasteiger partial charge in [0, 0.05) is 16.6 Å². The molecule has 0 aliphatic heterocycles. The van der Waals surface area contributed by atoms with Crippen molar-refractivity contribution < 1.29 is 4.42 Å². The highest BCUT2D eigenvalue weighted by molar-refractivity contribution is 7.13. The molecule has 17 heavy (non-hydrogen) atoms. The number of nitrogens with two attached hydrogens (primary N) is 1. The molecular formula is C13H10N2OS. The number of benzene rings is 1. The van der Waals surface area contributed by atoms with Crippen molar-refractivity contribution in [2.45, 2.75) is 0 Å². The molecule has 4 heteroatoms. The quantitative estimate of drug-likeness (QED) is 0.698. The largest absolute Gasteiger partial charge is 0.463 e. The van der Waals surface area contributed by atoms with Crippen molar-refractivity contribution in [3.05, 3.63) is 48.0 Å². The molecular weight excluding hydrogens is 232 g/mol. The van der Waals surface area contributed by atoms with Crippen LogP contribution in [0.2, 0.25) is 0 Å². The molecule has 0 bridgehead atoms. The summed E-state index contributed by atoms with van der Waals surface area (Å²) in [4.78, 5) is 4.54. The van der Waals surface area contributed by atoms with Crippen LogP contribution in [-0.4, -0.2) is 4.98 Å². The van der Waals surface area contributed by atoms with Crippen LogP contribution in [-0.2, 0) is 0 Å². The zero-order chi connectivity index (χ0) is 11.7. The Labute approximate surface area is 103 Å². The van der Waals surface area contributed by atoms with Gasteiger partial charge in [-0.15, -0.1) is 11.3 Å². The van der Waals surface area contributed by atoms with E-state index in [0.29, 0.717) is 0 Å². The number of furan rings is 1. The average Bonchev–Trinajstić information content (AvgIpc) is 3.00. The lowest BCUT2D eigenvalue weighted by Gasteiger charge is -1.96. The molecule has 0 aliphatic rings. The summed E-state index contributed by atoms with van der Waals surface area (Å²) in [6.45, 7) is 0. The van der Waals surface area contributed by atoms with E-state index in [0.717, 1.165) is 27.7 Å². The lowest BCUT2D eigenvalue weighted by molar-refractivity contribution is 0.580. The predicted molar refractivity (Wildman–Crippen MR) is 69.7 cm³/mol. The highest BCUT2D eigenvalue weighted by atomic mass is 32.1. The van der Waals surface area contributed by atoms with Gasteiger partial charge in [0.1, 0.15) is 10.7 Å². The van der Waals surface area contributed by atoms with Gasteiger partial charge < -0.3 is 10.2 Å². The number of thiazole rings is 1. The van der Waals surface area contributed by atoms with Crippen LogP contribution in [0.3, 0.4) is 0 Å². The Balaban J connectivity index is 1.98. The maximum Gasteiger partial charge on any atom is 0.153 e. The van der Waals surface area contributed by atoms with E-state index in [4.69, 9.17) is 10.2 Å². The monoisotopic (exact) mass is 242 g/mol. The van der Waals surface area contributed by atoms with Gasteiger partial charge in [-0.05, 0) is 36.4 Å². The summed E-state index contributed by atoms with van der Waals surface area (Å²) in [5, 5.41) is 2.96. The van der Waals surface area contributed by atoms with Gasteiger partial charge in [0.25, 0.3) is 0 Å². The van der Waals surface area contributed by atoms with Crippen LogP contribution < -0.4 is 5.73 Å². The fraction of sp³-hybridized carbons (Fsp3) is 0. The molecule has 2 heterocycles. The minimum absolute atomic E-state index is 0.761. The van der Waals surface area contributed by atoms with Crippen molar-refractivity contribution in [1.82, 2.24) is 4.98 Å². The summed E-state index contributed by atoms with van der Waals surface area (Å²) in [6, 6.07) is 11.5. The van der Waals surface area contributed by atoms with E-state index < -0.39 is 0 Å². The van der Waals surface area contributed by atoms with Gasteiger partial charge in [0.15, 0.2) is 5.76 Å². The first-order valence-corrected chi connectivity index (χ1v) is 6.06. The van der Waals surface area contributed by atoms with E-state index in [1.54, 1.807) is 17.6 Å². The summed E-state index contributed by atoms with van der Waals surface area (Å²) < 4.78 is 5.31. The van der Waals surface area contributed by atoms with Crippen LogP contribution in [0.25, 0.3) is 22.0 Å². The molecule has 0 amide bonds. The van der Waals surface area contributed by atoms with Crippen molar-refractivity contribution in [3.63, 3.8) is 0 Å². The van der Waals surface area contributed by atoms with Crippen LogP contribution in [0.1, 0.15) is 0 Å². The van der Waals surface area contributed by atoms with Crippen LogP contribution >= 0.6 is 11.3 Å². The molecule has 0 fully saturated rings. The molecule has 84 valence electrons. The van der Waals surface area contributed by atoms with Gasteiger partial charge in [0.2, 0.25) is 0 Å². The molecule has 0 saturated carbocycles. The Kier molecular flexibility index (Phi) is 2.42. The highest BCUT2D eigenvalue weighted by Crippen LogP contribution is 2.29.